The van der Waals surface area contributed by atoms with Gasteiger partial charge >= 0.3 is 0 Å². The normalized spacial score (nSPS) is 18.8. The van der Waals surface area contributed by atoms with Crippen molar-refractivity contribution in [3.8, 4) is 11.5 Å². The monoisotopic (exact) mass is 364 g/mol. The van der Waals surface area contributed by atoms with Gasteiger partial charge in [0.15, 0.2) is 17.5 Å². The van der Waals surface area contributed by atoms with E-state index in [-0.39, 0.29) is 6.10 Å². The largest absolute Gasteiger partial charge is 0.493 e. The van der Waals surface area contributed by atoms with Crippen LogP contribution in [0.25, 0.3) is 0 Å². The highest BCUT2D eigenvalue weighted by molar-refractivity contribution is 5.77. The number of ether oxygens (including phenoxy) is 3. The molecule has 1 heterocycles. The van der Waals surface area contributed by atoms with Gasteiger partial charge in [0, 0.05) is 26.2 Å². The zero-order valence-electron chi connectivity index (χ0n) is 16.3. The highest BCUT2D eigenvalue weighted by atomic mass is 16.5. The van der Waals surface area contributed by atoms with Gasteiger partial charge in [-0.15, -0.1) is 0 Å². The third-order valence-corrected chi connectivity index (χ3v) is 4.24. The molecule has 1 aliphatic rings. The summed E-state index contributed by atoms with van der Waals surface area (Å²) in [5.41, 5.74) is 7.00. The summed E-state index contributed by atoms with van der Waals surface area (Å²) in [4.78, 5) is 6.84. The molecule has 0 bridgehead atoms. The van der Waals surface area contributed by atoms with Crippen molar-refractivity contribution in [1.29, 1.82) is 0 Å². The van der Waals surface area contributed by atoms with Crippen LogP contribution in [0.2, 0.25) is 0 Å². The van der Waals surface area contributed by atoms with Crippen molar-refractivity contribution >= 4 is 5.96 Å². The molecule has 1 aromatic carbocycles. The lowest BCUT2D eigenvalue weighted by molar-refractivity contribution is -0.0284. The van der Waals surface area contributed by atoms with Crippen molar-refractivity contribution in [2.45, 2.75) is 26.5 Å². The van der Waals surface area contributed by atoms with E-state index in [1.54, 1.807) is 14.2 Å². The highest BCUT2D eigenvalue weighted by Gasteiger charge is 2.20. The molecule has 26 heavy (non-hydrogen) atoms. The first kappa shape index (κ1) is 20.3. The number of nitrogens with one attached hydrogen (secondary N) is 1. The van der Waals surface area contributed by atoms with Crippen molar-refractivity contribution in [3.63, 3.8) is 0 Å². The average Bonchev–Trinajstić information content (AvgIpc) is 2.64. The molecule has 0 aliphatic carbocycles. The minimum absolute atomic E-state index is 0.136. The van der Waals surface area contributed by atoms with Gasteiger partial charge in [-0.1, -0.05) is 19.9 Å². The molecular formula is C19H32N4O3. The summed E-state index contributed by atoms with van der Waals surface area (Å²) in [6.45, 7) is 9.40. The Morgan fingerprint density at radius 1 is 1.35 bits per heavy atom. The van der Waals surface area contributed by atoms with E-state index in [2.05, 4.69) is 29.1 Å². The molecule has 146 valence electrons. The van der Waals surface area contributed by atoms with E-state index < -0.39 is 0 Å². The van der Waals surface area contributed by atoms with Crippen LogP contribution in [0.15, 0.2) is 23.2 Å². The Morgan fingerprint density at radius 2 is 2.12 bits per heavy atom. The van der Waals surface area contributed by atoms with Gasteiger partial charge in [-0.05, 0) is 23.6 Å². The van der Waals surface area contributed by atoms with Gasteiger partial charge in [-0.2, -0.15) is 0 Å². The molecule has 7 nitrogen and oxygen atoms in total. The Hall–Kier alpha value is -1.99. The Morgan fingerprint density at radius 3 is 2.81 bits per heavy atom. The number of morpholine rings is 1. The van der Waals surface area contributed by atoms with Crippen LogP contribution in [0.4, 0.5) is 0 Å². The Kier molecular flexibility index (Phi) is 8.00. The van der Waals surface area contributed by atoms with Crippen molar-refractivity contribution < 1.29 is 14.2 Å². The maximum atomic E-state index is 5.99. The van der Waals surface area contributed by atoms with Crippen LogP contribution in [-0.2, 0) is 11.3 Å². The number of methoxy groups -OCH3 is 2. The fraction of sp³-hybridized carbons (Fsp3) is 0.632. The van der Waals surface area contributed by atoms with Crippen molar-refractivity contribution in [2.75, 3.05) is 47.0 Å². The van der Waals surface area contributed by atoms with Gasteiger partial charge in [0.1, 0.15) is 0 Å². The van der Waals surface area contributed by atoms with Gasteiger partial charge in [-0.25, -0.2) is 4.99 Å². The number of rotatable bonds is 8. The lowest BCUT2D eigenvalue weighted by atomic mass is 10.2. The molecule has 1 saturated heterocycles. The summed E-state index contributed by atoms with van der Waals surface area (Å²) in [5.74, 6) is 2.47. The number of aliphatic imine (C=N–C) groups is 1. The summed E-state index contributed by atoms with van der Waals surface area (Å²) in [6, 6.07) is 5.72. The van der Waals surface area contributed by atoms with Crippen LogP contribution >= 0.6 is 0 Å². The van der Waals surface area contributed by atoms with Crippen molar-refractivity contribution in [1.82, 2.24) is 10.2 Å². The first-order valence-corrected chi connectivity index (χ1v) is 9.10. The summed E-state index contributed by atoms with van der Waals surface area (Å²) in [5, 5.41) is 3.17. The lowest BCUT2D eigenvalue weighted by Gasteiger charge is -2.34. The number of nitrogens with two attached hydrogens (primary N) is 1. The van der Waals surface area contributed by atoms with Crippen molar-refractivity contribution in [3.05, 3.63) is 23.8 Å². The second-order valence-corrected chi connectivity index (χ2v) is 6.92. The van der Waals surface area contributed by atoms with E-state index >= 15 is 0 Å². The SMILES string of the molecule is COc1ccc(CN=C(N)NCC2CN(CC(C)C)CCO2)cc1OC. The second-order valence-electron chi connectivity index (χ2n) is 6.92. The molecule has 1 atom stereocenters. The maximum Gasteiger partial charge on any atom is 0.189 e. The molecule has 0 aromatic heterocycles. The zero-order valence-corrected chi connectivity index (χ0v) is 16.3. The standard InChI is InChI=1S/C19H32N4O3/c1-14(2)12-23-7-8-26-16(13-23)11-22-19(20)21-10-15-5-6-17(24-3)18(9-15)25-4/h5-6,9,14,16H,7-8,10-13H2,1-4H3,(H3,20,21,22). The molecule has 7 heteroatoms. The summed E-state index contributed by atoms with van der Waals surface area (Å²) in [7, 11) is 3.24. The smallest absolute Gasteiger partial charge is 0.189 e. The van der Waals surface area contributed by atoms with Gasteiger partial charge in [-0.3, -0.25) is 4.90 Å². The third kappa shape index (κ3) is 6.38. The van der Waals surface area contributed by atoms with E-state index in [4.69, 9.17) is 19.9 Å². The Bertz CT molecular complexity index is 592. The average molecular weight is 364 g/mol. The molecule has 0 saturated carbocycles. The molecule has 0 spiro atoms. The van der Waals surface area contributed by atoms with E-state index in [0.717, 1.165) is 31.8 Å². The predicted molar refractivity (Wildman–Crippen MR) is 104 cm³/mol. The minimum Gasteiger partial charge on any atom is -0.493 e. The predicted octanol–water partition coefficient (Wildman–Crippen LogP) is 1.46. The molecule has 2 rings (SSSR count). The van der Waals surface area contributed by atoms with Gasteiger partial charge in [0.05, 0.1) is 33.5 Å². The molecule has 1 fully saturated rings. The molecular weight excluding hydrogens is 332 g/mol. The Balaban J connectivity index is 1.81. The van der Waals surface area contributed by atoms with E-state index in [1.165, 1.54) is 0 Å². The van der Waals surface area contributed by atoms with Gasteiger partial charge in [0.25, 0.3) is 0 Å². The lowest BCUT2D eigenvalue weighted by Crippen LogP contribution is -2.49. The van der Waals surface area contributed by atoms with Crippen LogP contribution in [-0.4, -0.2) is 64.0 Å². The first-order chi connectivity index (χ1) is 12.5. The molecule has 0 radical (unpaired) electrons. The summed E-state index contributed by atoms with van der Waals surface area (Å²) < 4.78 is 16.4. The first-order valence-electron chi connectivity index (χ1n) is 9.10. The van der Waals surface area contributed by atoms with Gasteiger partial charge in [0.2, 0.25) is 0 Å². The fourth-order valence-electron chi connectivity index (χ4n) is 3.02. The molecule has 0 amide bonds. The minimum atomic E-state index is 0.136. The summed E-state index contributed by atoms with van der Waals surface area (Å²) in [6.07, 6.45) is 0.136. The zero-order chi connectivity index (χ0) is 18.9. The molecule has 1 unspecified atom stereocenters. The highest BCUT2D eigenvalue weighted by Crippen LogP contribution is 2.27. The number of nitrogens with zero attached hydrogens (tertiary/aromatic N) is 2. The summed E-state index contributed by atoms with van der Waals surface area (Å²) >= 11 is 0. The van der Waals surface area contributed by atoms with E-state index in [9.17, 15) is 0 Å². The van der Waals surface area contributed by atoms with Crippen LogP contribution in [0.1, 0.15) is 19.4 Å². The second kappa shape index (κ2) is 10.2. The Labute approximate surface area is 156 Å². The van der Waals surface area contributed by atoms with Gasteiger partial charge < -0.3 is 25.3 Å². The molecule has 1 aliphatic heterocycles. The number of hydrogen-bond acceptors (Lipinski definition) is 5. The maximum absolute atomic E-state index is 5.99. The van der Waals surface area contributed by atoms with Crippen LogP contribution < -0.4 is 20.5 Å². The molecule has 3 N–H and O–H groups in total. The topological polar surface area (TPSA) is 81.3 Å². The van der Waals surface area contributed by atoms with Crippen LogP contribution in [0.5, 0.6) is 11.5 Å². The quantitative estimate of drug-likeness (QED) is 0.537. The number of benzene rings is 1. The molecule has 1 aromatic rings. The van der Waals surface area contributed by atoms with Crippen LogP contribution in [0, 0.1) is 5.92 Å². The van der Waals surface area contributed by atoms with Crippen molar-refractivity contribution in [2.24, 2.45) is 16.6 Å². The fourth-order valence-corrected chi connectivity index (χ4v) is 3.02. The third-order valence-electron chi connectivity index (χ3n) is 4.24. The van der Waals surface area contributed by atoms with E-state index in [1.807, 2.05) is 18.2 Å². The number of guanidine groups is 1. The number of hydrogen-bond donors (Lipinski definition) is 2. The van der Waals surface area contributed by atoms with Crippen LogP contribution in [0.3, 0.4) is 0 Å². The van der Waals surface area contributed by atoms with E-state index in [0.29, 0.717) is 36.5 Å².